The first-order valence-corrected chi connectivity index (χ1v) is 10.8. The first kappa shape index (κ1) is 20.9. The molecule has 3 aromatic heterocycles. The molecule has 1 aliphatic rings. The molecular formula is C24H24FN7O. The van der Waals surface area contributed by atoms with Gasteiger partial charge in [0.2, 0.25) is 0 Å². The molecule has 4 heterocycles. The Hall–Kier alpha value is -4.01. The van der Waals surface area contributed by atoms with Crippen LogP contribution in [0.15, 0.2) is 60.9 Å². The van der Waals surface area contributed by atoms with Crippen molar-refractivity contribution in [2.75, 3.05) is 31.1 Å². The number of nitrogens with zero attached hydrogens (tertiary/aromatic N) is 7. The van der Waals surface area contributed by atoms with E-state index in [-0.39, 0.29) is 11.7 Å². The van der Waals surface area contributed by atoms with Crippen LogP contribution < -0.4 is 4.90 Å². The molecule has 8 nitrogen and oxygen atoms in total. The van der Waals surface area contributed by atoms with Gasteiger partial charge in [0.05, 0.1) is 5.69 Å². The molecule has 5 rings (SSSR count). The molecular weight excluding hydrogens is 421 g/mol. The highest BCUT2D eigenvalue weighted by molar-refractivity contribution is 5.94. The molecule has 168 valence electrons. The summed E-state index contributed by atoms with van der Waals surface area (Å²) in [6, 6.07) is 13.8. The summed E-state index contributed by atoms with van der Waals surface area (Å²) >= 11 is 0. The minimum absolute atomic E-state index is 0.0649. The molecule has 1 aromatic carbocycles. The first-order valence-electron chi connectivity index (χ1n) is 10.8. The fraction of sp³-hybridized carbons (Fsp3) is 0.250. The average Bonchev–Trinajstić information content (AvgIpc) is 3.49. The maximum Gasteiger partial charge on any atom is 0.272 e. The van der Waals surface area contributed by atoms with E-state index in [0.717, 1.165) is 17.2 Å². The summed E-state index contributed by atoms with van der Waals surface area (Å²) < 4.78 is 16.8. The van der Waals surface area contributed by atoms with Crippen LogP contribution in [0.5, 0.6) is 0 Å². The van der Waals surface area contributed by atoms with Crippen molar-refractivity contribution in [2.45, 2.75) is 6.92 Å². The molecule has 33 heavy (non-hydrogen) atoms. The smallest absolute Gasteiger partial charge is 0.272 e. The highest BCUT2D eigenvalue weighted by atomic mass is 19.1. The Bertz CT molecular complexity index is 1270. The van der Waals surface area contributed by atoms with E-state index < -0.39 is 0 Å². The maximum absolute atomic E-state index is 13.2. The van der Waals surface area contributed by atoms with Gasteiger partial charge in [0.1, 0.15) is 29.0 Å². The Morgan fingerprint density at radius 1 is 0.939 bits per heavy atom. The summed E-state index contributed by atoms with van der Waals surface area (Å²) in [7, 11) is 1.75. The van der Waals surface area contributed by atoms with Crippen LogP contribution in [0.2, 0.25) is 0 Å². The van der Waals surface area contributed by atoms with E-state index in [0.29, 0.717) is 43.4 Å². The van der Waals surface area contributed by atoms with Crippen LogP contribution in [0.3, 0.4) is 0 Å². The van der Waals surface area contributed by atoms with Crippen LogP contribution in [-0.2, 0) is 7.05 Å². The summed E-state index contributed by atoms with van der Waals surface area (Å²) in [5.41, 5.74) is 1.93. The number of anilines is 1. The molecule has 9 heteroatoms. The molecule has 1 saturated heterocycles. The minimum Gasteiger partial charge on any atom is -0.353 e. The highest BCUT2D eigenvalue weighted by Gasteiger charge is 2.26. The number of hydrogen-bond acceptors (Lipinski definition) is 5. The number of rotatable bonds is 4. The summed E-state index contributed by atoms with van der Waals surface area (Å²) in [6.07, 6.45) is 3.91. The number of carbonyl (C=O) groups excluding carboxylic acids is 1. The topological polar surface area (TPSA) is 72.1 Å². The Kier molecular flexibility index (Phi) is 5.37. The molecule has 0 bridgehead atoms. The van der Waals surface area contributed by atoms with E-state index in [9.17, 15) is 9.18 Å². The van der Waals surface area contributed by atoms with E-state index in [4.69, 9.17) is 0 Å². The van der Waals surface area contributed by atoms with Gasteiger partial charge in [-0.1, -0.05) is 0 Å². The Balaban J connectivity index is 1.29. The van der Waals surface area contributed by atoms with Crippen LogP contribution in [0.4, 0.5) is 10.2 Å². The zero-order valence-corrected chi connectivity index (χ0v) is 18.5. The molecule has 0 atom stereocenters. The van der Waals surface area contributed by atoms with Crippen molar-refractivity contribution in [3.63, 3.8) is 0 Å². The molecule has 0 spiro atoms. The SMILES string of the molecule is Cc1nc(N2CCN(C(=O)c3cc(-c4ccc(F)cc4)nn3C)CC2)cc(-n2cccc2)n1. The van der Waals surface area contributed by atoms with Crippen LogP contribution in [0.25, 0.3) is 17.1 Å². The normalized spacial score (nSPS) is 14.0. The Labute approximate surface area is 190 Å². The van der Waals surface area contributed by atoms with E-state index in [1.165, 1.54) is 12.1 Å². The number of amides is 1. The van der Waals surface area contributed by atoms with Crippen molar-refractivity contribution < 1.29 is 9.18 Å². The number of aromatic nitrogens is 5. The van der Waals surface area contributed by atoms with Gasteiger partial charge in [-0.3, -0.25) is 9.48 Å². The number of piperazine rings is 1. The second kappa shape index (κ2) is 8.50. The molecule has 4 aromatic rings. The summed E-state index contributed by atoms with van der Waals surface area (Å²) in [4.78, 5) is 26.3. The molecule has 1 aliphatic heterocycles. The molecule has 1 fully saturated rings. The van der Waals surface area contributed by atoms with Gasteiger partial charge in [0.25, 0.3) is 5.91 Å². The third kappa shape index (κ3) is 4.21. The van der Waals surface area contributed by atoms with Gasteiger partial charge >= 0.3 is 0 Å². The van der Waals surface area contributed by atoms with Gasteiger partial charge in [0, 0.05) is 57.3 Å². The van der Waals surface area contributed by atoms with Gasteiger partial charge in [-0.05, 0) is 49.4 Å². The Morgan fingerprint density at radius 2 is 1.61 bits per heavy atom. The third-order valence-corrected chi connectivity index (χ3v) is 5.81. The van der Waals surface area contributed by atoms with Gasteiger partial charge in [0.15, 0.2) is 0 Å². The number of carbonyl (C=O) groups is 1. The van der Waals surface area contributed by atoms with Gasteiger partial charge in [-0.2, -0.15) is 5.10 Å². The number of benzene rings is 1. The highest BCUT2D eigenvalue weighted by Crippen LogP contribution is 2.22. The third-order valence-electron chi connectivity index (χ3n) is 5.81. The van der Waals surface area contributed by atoms with Crippen molar-refractivity contribution in [1.29, 1.82) is 0 Å². The van der Waals surface area contributed by atoms with Crippen LogP contribution >= 0.6 is 0 Å². The molecule has 1 amide bonds. The molecule has 0 saturated carbocycles. The quantitative estimate of drug-likeness (QED) is 0.483. The van der Waals surface area contributed by atoms with Gasteiger partial charge in [-0.15, -0.1) is 0 Å². The van der Waals surface area contributed by atoms with E-state index in [1.54, 1.807) is 29.9 Å². The van der Waals surface area contributed by atoms with Gasteiger partial charge < -0.3 is 14.4 Å². The predicted molar refractivity (Wildman–Crippen MR) is 123 cm³/mol. The fourth-order valence-corrected chi connectivity index (χ4v) is 4.05. The van der Waals surface area contributed by atoms with Gasteiger partial charge in [-0.25, -0.2) is 14.4 Å². The molecule has 0 unspecified atom stereocenters. The number of hydrogen-bond donors (Lipinski definition) is 0. The van der Waals surface area contributed by atoms with Crippen molar-refractivity contribution >= 4 is 11.7 Å². The lowest BCUT2D eigenvalue weighted by Crippen LogP contribution is -2.49. The van der Waals surface area contributed by atoms with Crippen LogP contribution in [0, 0.1) is 12.7 Å². The average molecular weight is 446 g/mol. The minimum atomic E-state index is -0.303. The summed E-state index contributed by atoms with van der Waals surface area (Å²) in [5.74, 6) is 2.02. The second-order valence-electron chi connectivity index (χ2n) is 8.05. The van der Waals surface area contributed by atoms with Crippen molar-refractivity contribution in [3.05, 3.63) is 78.3 Å². The maximum atomic E-state index is 13.2. The lowest BCUT2D eigenvalue weighted by Gasteiger charge is -2.35. The summed E-state index contributed by atoms with van der Waals surface area (Å²) in [6.45, 7) is 4.40. The molecule has 0 aliphatic carbocycles. The lowest BCUT2D eigenvalue weighted by atomic mass is 10.1. The van der Waals surface area contributed by atoms with E-state index in [2.05, 4.69) is 20.0 Å². The van der Waals surface area contributed by atoms with Crippen molar-refractivity contribution in [1.82, 2.24) is 29.2 Å². The predicted octanol–water partition coefficient (Wildman–Crippen LogP) is 3.08. The largest absolute Gasteiger partial charge is 0.353 e. The van der Waals surface area contributed by atoms with Crippen LogP contribution in [-0.4, -0.2) is 61.3 Å². The van der Waals surface area contributed by atoms with Crippen LogP contribution in [0.1, 0.15) is 16.3 Å². The summed E-state index contributed by atoms with van der Waals surface area (Å²) in [5, 5.41) is 4.45. The number of halogens is 1. The first-order chi connectivity index (χ1) is 16.0. The van der Waals surface area contributed by atoms with Crippen molar-refractivity contribution in [3.8, 4) is 17.1 Å². The number of aryl methyl sites for hydroxylation is 2. The zero-order valence-electron chi connectivity index (χ0n) is 18.5. The van der Waals surface area contributed by atoms with E-state index in [1.807, 2.05) is 47.0 Å². The second-order valence-corrected chi connectivity index (χ2v) is 8.05. The van der Waals surface area contributed by atoms with Crippen molar-refractivity contribution in [2.24, 2.45) is 7.05 Å². The standard InChI is InChI=1S/C24H24FN7O/c1-17-26-22(30-9-3-4-10-30)16-23(27-17)31-11-13-32(14-12-31)24(33)21-15-20(28-29(21)2)18-5-7-19(25)8-6-18/h3-10,15-16H,11-14H2,1-2H3. The zero-order chi connectivity index (χ0) is 22.9. The molecule has 0 radical (unpaired) electrons. The molecule has 0 N–H and O–H groups in total. The fourth-order valence-electron chi connectivity index (χ4n) is 4.05. The Morgan fingerprint density at radius 3 is 2.30 bits per heavy atom. The monoisotopic (exact) mass is 445 g/mol. The van der Waals surface area contributed by atoms with E-state index >= 15 is 0 Å². The lowest BCUT2D eigenvalue weighted by molar-refractivity contribution is 0.0735.